The molecule has 19 heavy (non-hydrogen) atoms. The Balaban J connectivity index is 1.92. The van der Waals surface area contributed by atoms with Gasteiger partial charge in [-0.25, -0.2) is 9.78 Å². The number of benzene rings is 1. The molecule has 7 nitrogen and oxygen atoms in total. The van der Waals surface area contributed by atoms with Gasteiger partial charge in [-0.05, 0) is 24.3 Å². The van der Waals surface area contributed by atoms with E-state index >= 15 is 0 Å². The van der Waals surface area contributed by atoms with Gasteiger partial charge in [-0.15, -0.1) is 10.2 Å². The van der Waals surface area contributed by atoms with Gasteiger partial charge in [0.1, 0.15) is 6.33 Å². The summed E-state index contributed by atoms with van der Waals surface area (Å²) < 4.78 is 1.74. The zero-order valence-corrected chi connectivity index (χ0v) is 9.69. The van der Waals surface area contributed by atoms with Gasteiger partial charge in [0.05, 0.1) is 5.56 Å². The van der Waals surface area contributed by atoms with Crippen LogP contribution in [0.3, 0.4) is 0 Å². The van der Waals surface area contributed by atoms with Crippen molar-refractivity contribution in [2.75, 3.05) is 5.32 Å². The Morgan fingerprint density at radius 2 is 2.05 bits per heavy atom. The predicted molar refractivity (Wildman–Crippen MR) is 67.5 cm³/mol. The summed E-state index contributed by atoms with van der Waals surface area (Å²) in [6, 6.07) is 6.39. The van der Waals surface area contributed by atoms with Gasteiger partial charge in [0.25, 0.3) is 0 Å². The number of fused-ring (bicyclic) bond motifs is 1. The van der Waals surface area contributed by atoms with Crippen LogP contribution in [0.1, 0.15) is 10.4 Å². The van der Waals surface area contributed by atoms with Gasteiger partial charge < -0.3 is 10.4 Å². The van der Waals surface area contributed by atoms with Crippen molar-refractivity contribution in [2.24, 2.45) is 0 Å². The lowest BCUT2D eigenvalue weighted by Crippen LogP contribution is -1.99. The predicted octanol–water partition coefficient (Wildman–Crippen LogP) is 1.57. The number of aromatic carboxylic acids is 1. The largest absolute Gasteiger partial charge is 0.478 e. The molecular formula is C12H9N5O2. The molecule has 3 rings (SSSR count). The number of carboxylic acid groups (broad SMARTS) is 1. The second kappa shape index (κ2) is 4.37. The van der Waals surface area contributed by atoms with Gasteiger partial charge in [0.15, 0.2) is 5.82 Å². The van der Waals surface area contributed by atoms with E-state index in [1.54, 1.807) is 35.3 Å². The molecule has 0 saturated heterocycles. The highest BCUT2D eigenvalue weighted by molar-refractivity contribution is 5.88. The highest BCUT2D eigenvalue weighted by Gasteiger charge is 2.06. The van der Waals surface area contributed by atoms with Crippen LogP contribution >= 0.6 is 0 Å². The number of nitrogens with zero attached hydrogens (tertiary/aromatic N) is 4. The van der Waals surface area contributed by atoms with E-state index in [0.29, 0.717) is 11.5 Å². The Hall–Kier alpha value is -2.96. The maximum absolute atomic E-state index is 10.8. The van der Waals surface area contributed by atoms with E-state index < -0.39 is 5.97 Å². The maximum Gasteiger partial charge on any atom is 0.335 e. The van der Waals surface area contributed by atoms with Gasteiger partial charge >= 0.3 is 5.97 Å². The molecule has 2 aromatic heterocycles. The monoisotopic (exact) mass is 255 g/mol. The number of nitrogens with one attached hydrogen (secondary N) is 1. The number of carbonyl (C=O) groups is 1. The molecule has 0 aliphatic heterocycles. The second-order valence-corrected chi connectivity index (χ2v) is 3.85. The standard InChI is InChI=1S/C12H9N5O2/c18-12(19)8-1-3-9(4-2-8)15-10-11-16-14-7-17(11)6-5-13-10/h1-7H,(H,13,15)(H,18,19). The van der Waals surface area contributed by atoms with E-state index in [-0.39, 0.29) is 5.56 Å². The van der Waals surface area contributed by atoms with E-state index in [2.05, 4.69) is 20.5 Å². The van der Waals surface area contributed by atoms with Crippen molar-refractivity contribution in [3.8, 4) is 0 Å². The molecule has 3 aromatic rings. The average molecular weight is 255 g/mol. The Morgan fingerprint density at radius 3 is 2.79 bits per heavy atom. The van der Waals surface area contributed by atoms with Crippen LogP contribution in [0.15, 0.2) is 43.0 Å². The van der Waals surface area contributed by atoms with Gasteiger partial charge in [-0.2, -0.15) is 0 Å². The minimum Gasteiger partial charge on any atom is -0.478 e. The SMILES string of the molecule is O=C(O)c1ccc(Nc2nccn3cnnc23)cc1. The van der Waals surface area contributed by atoms with Crippen LogP contribution in [0, 0.1) is 0 Å². The van der Waals surface area contributed by atoms with E-state index in [1.165, 1.54) is 12.1 Å². The first kappa shape index (κ1) is 11.1. The van der Waals surface area contributed by atoms with Crippen molar-refractivity contribution in [3.63, 3.8) is 0 Å². The zero-order valence-electron chi connectivity index (χ0n) is 9.69. The lowest BCUT2D eigenvalue weighted by Gasteiger charge is -2.06. The minimum absolute atomic E-state index is 0.235. The highest BCUT2D eigenvalue weighted by atomic mass is 16.4. The summed E-state index contributed by atoms with van der Waals surface area (Å²) in [6.45, 7) is 0. The Bertz CT molecular complexity index is 735. The molecule has 0 radical (unpaired) electrons. The van der Waals surface area contributed by atoms with Crippen LogP contribution in [0.5, 0.6) is 0 Å². The highest BCUT2D eigenvalue weighted by Crippen LogP contribution is 2.18. The Labute approximate surface area is 107 Å². The summed E-state index contributed by atoms with van der Waals surface area (Å²) in [5.74, 6) is -0.396. The molecule has 94 valence electrons. The van der Waals surface area contributed by atoms with E-state index in [4.69, 9.17) is 5.11 Å². The molecule has 0 unspecified atom stereocenters. The summed E-state index contributed by atoms with van der Waals surface area (Å²) in [4.78, 5) is 14.9. The Morgan fingerprint density at radius 1 is 1.26 bits per heavy atom. The van der Waals surface area contributed by atoms with Crippen molar-refractivity contribution in [3.05, 3.63) is 48.5 Å². The van der Waals surface area contributed by atoms with Crippen LogP contribution in [0.4, 0.5) is 11.5 Å². The summed E-state index contributed by atoms with van der Waals surface area (Å²) in [7, 11) is 0. The fourth-order valence-corrected chi connectivity index (χ4v) is 1.68. The van der Waals surface area contributed by atoms with Crippen LogP contribution in [0.2, 0.25) is 0 Å². The molecule has 0 aliphatic rings. The van der Waals surface area contributed by atoms with Crippen LogP contribution < -0.4 is 5.32 Å². The molecular weight excluding hydrogens is 246 g/mol. The van der Waals surface area contributed by atoms with Gasteiger partial charge in [0, 0.05) is 18.1 Å². The normalized spacial score (nSPS) is 10.5. The molecule has 0 spiro atoms. The molecule has 1 aromatic carbocycles. The smallest absolute Gasteiger partial charge is 0.335 e. The van der Waals surface area contributed by atoms with Gasteiger partial charge in [-0.1, -0.05) is 0 Å². The number of hydrogen-bond acceptors (Lipinski definition) is 5. The number of anilines is 2. The maximum atomic E-state index is 10.8. The quantitative estimate of drug-likeness (QED) is 0.738. The molecule has 0 atom stereocenters. The fraction of sp³-hybridized carbons (Fsp3) is 0. The molecule has 0 aliphatic carbocycles. The first-order valence-corrected chi connectivity index (χ1v) is 5.49. The van der Waals surface area contributed by atoms with Crippen molar-refractivity contribution in [1.29, 1.82) is 0 Å². The van der Waals surface area contributed by atoms with Crippen LogP contribution in [-0.4, -0.2) is 30.7 Å². The molecule has 2 heterocycles. The topological polar surface area (TPSA) is 92.4 Å². The number of hydrogen-bond donors (Lipinski definition) is 2. The second-order valence-electron chi connectivity index (χ2n) is 3.85. The first-order valence-electron chi connectivity index (χ1n) is 5.49. The van der Waals surface area contributed by atoms with Crippen LogP contribution in [0.25, 0.3) is 5.65 Å². The summed E-state index contributed by atoms with van der Waals surface area (Å²) in [5.41, 5.74) is 1.57. The van der Waals surface area contributed by atoms with Crippen molar-refractivity contribution in [2.45, 2.75) is 0 Å². The molecule has 2 N–H and O–H groups in total. The summed E-state index contributed by atoms with van der Waals surface area (Å²) in [6.07, 6.45) is 4.95. The minimum atomic E-state index is -0.954. The van der Waals surface area contributed by atoms with Crippen molar-refractivity contribution >= 4 is 23.1 Å². The van der Waals surface area contributed by atoms with Gasteiger partial charge in [0.2, 0.25) is 5.65 Å². The number of rotatable bonds is 3. The van der Waals surface area contributed by atoms with Crippen molar-refractivity contribution < 1.29 is 9.90 Å². The lowest BCUT2D eigenvalue weighted by molar-refractivity contribution is 0.0697. The zero-order chi connectivity index (χ0) is 13.2. The van der Waals surface area contributed by atoms with Gasteiger partial charge in [-0.3, -0.25) is 4.40 Å². The van der Waals surface area contributed by atoms with E-state index in [9.17, 15) is 4.79 Å². The number of carboxylic acids is 1. The molecule has 0 amide bonds. The molecule has 0 fully saturated rings. The third-order valence-corrected chi connectivity index (χ3v) is 2.61. The van der Waals surface area contributed by atoms with Crippen molar-refractivity contribution in [1.82, 2.24) is 19.6 Å². The van der Waals surface area contributed by atoms with Crippen LogP contribution in [-0.2, 0) is 0 Å². The summed E-state index contributed by atoms with van der Waals surface area (Å²) in [5, 5.41) is 19.6. The summed E-state index contributed by atoms with van der Waals surface area (Å²) >= 11 is 0. The van der Waals surface area contributed by atoms with E-state index in [0.717, 1.165) is 5.69 Å². The van der Waals surface area contributed by atoms with E-state index in [1.807, 2.05) is 0 Å². The molecule has 0 bridgehead atoms. The number of aromatic nitrogens is 4. The molecule has 0 saturated carbocycles. The fourth-order valence-electron chi connectivity index (χ4n) is 1.68. The molecule has 7 heteroatoms. The average Bonchev–Trinajstić information content (AvgIpc) is 2.89. The Kier molecular flexibility index (Phi) is 2.57. The lowest BCUT2D eigenvalue weighted by atomic mass is 10.2. The first-order chi connectivity index (χ1) is 9.24. The third kappa shape index (κ3) is 2.08. The third-order valence-electron chi connectivity index (χ3n) is 2.61.